The van der Waals surface area contributed by atoms with E-state index >= 15 is 0 Å². The molecule has 0 unspecified atom stereocenters. The van der Waals surface area contributed by atoms with Crippen molar-refractivity contribution < 1.29 is 14.1 Å². The highest BCUT2D eigenvalue weighted by atomic mass is 16.5. The van der Waals surface area contributed by atoms with Gasteiger partial charge in [-0.1, -0.05) is 48.8 Å². The van der Waals surface area contributed by atoms with E-state index in [0.717, 1.165) is 12.0 Å². The molecule has 1 heterocycles. The number of benzene rings is 1. The molecule has 0 radical (unpaired) electrons. The Morgan fingerprint density at radius 3 is 2.50 bits per heavy atom. The molecule has 3 rings (SSSR count). The predicted molar refractivity (Wildman–Crippen MR) is 97.4 cm³/mol. The summed E-state index contributed by atoms with van der Waals surface area (Å²) >= 11 is 0. The Morgan fingerprint density at radius 2 is 1.96 bits per heavy atom. The highest BCUT2D eigenvalue weighted by Crippen LogP contribution is 2.65. The molecule has 1 aromatic carbocycles. The molecule has 140 valence electrons. The monoisotopic (exact) mass is 357 g/mol. The van der Waals surface area contributed by atoms with E-state index in [9.17, 15) is 4.79 Å². The van der Waals surface area contributed by atoms with E-state index in [1.54, 1.807) is 12.0 Å². The van der Waals surface area contributed by atoms with Crippen LogP contribution in [0.2, 0.25) is 0 Å². The van der Waals surface area contributed by atoms with Gasteiger partial charge < -0.3 is 14.2 Å². The molecule has 1 atom stereocenters. The highest BCUT2D eigenvalue weighted by Gasteiger charge is 2.67. The Bertz CT molecular complexity index is 782. The van der Waals surface area contributed by atoms with Gasteiger partial charge in [0.2, 0.25) is 11.8 Å². The van der Waals surface area contributed by atoms with Crippen LogP contribution in [0.5, 0.6) is 0 Å². The summed E-state index contributed by atoms with van der Waals surface area (Å²) in [4.78, 5) is 19.6. The Hall–Kier alpha value is -2.21. The minimum absolute atomic E-state index is 0.0667. The first-order chi connectivity index (χ1) is 12.3. The first-order valence-corrected chi connectivity index (χ1v) is 9.01. The number of aromatic nitrogens is 2. The fourth-order valence-electron chi connectivity index (χ4n) is 3.74. The van der Waals surface area contributed by atoms with Crippen molar-refractivity contribution >= 4 is 5.91 Å². The lowest BCUT2D eigenvalue weighted by atomic mass is 9.86. The number of rotatable bonds is 7. The number of hydrogen-bond acceptors (Lipinski definition) is 5. The van der Waals surface area contributed by atoms with Crippen molar-refractivity contribution in [2.75, 3.05) is 13.7 Å². The molecule has 0 bridgehead atoms. The topological polar surface area (TPSA) is 68.5 Å². The van der Waals surface area contributed by atoms with Crippen LogP contribution in [0.3, 0.4) is 0 Å². The zero-order valence-electron chi connectivity index (χ0n) is 16.2. The lowest BCUT2D eigenvalue weighted by molar-refractivity contribution is -0.135. The fraction of sp³-hybridized carbons (Fsp3) is 0.550. The number of likely N-dealkylation sites (N-methyl/N-ethyl adjacent to an activating group) is 1. The summed E-state index contributed by atoms with van der Waals surface area (Å²) in [5.41, 5.74) is 1.73. The quantitative estimate of drug-likeness (QED) is 0.761. The number of ether oxygens (including phenoxy) is 1. The Labute approximate surface area is 154 Å². The zero-order chi connectivity index (χ0) is 18.9. The SMILES string of the molecule is CCN(Cc1nc(COC)no1)C(=O)[C@@]1(c2ccc(C)cc2)CC1(C)C. The summed E-state index contributed by atoms with van der Waals surface area (Å²) in [6, 6.07) is 8.31. The number of amides is 1. The lowest BCUT2D eigenvalue weighted by Crippen LogP contribution is -2.41. The molecule has 1 fully saturated rings. The van der Waals surface area contributed by atoms with Gasteiger partial charge in [0, 0.05) is 13.7 Å². The van der Waals surface area contributed by atoms with Gasteiger partial charge in [-0.25, -0.2) is 0 Å². The van der Waals surface area contributed by atoms with Crippen molar-refractivity contribution in [3.05, 3.63) is 47.1 Å². The van der Waals surface area contributed by atoms with Crippen molar-refractivity contribution in [2.24, 2.45) is 5.41 Å². The van der Waals surface area contributed by atoms with Gasteiger partial charge in [-0.2, -0.15) is 4.98 Å². The number of carbonyl (C=O) groups is 1. The summed E-state index contributed by atoms with van der Waals surface area (Å²) in [7, 11) is 1.58. The van der Waals surface area contributed by atoms with Crippen LogP contribution in [0.25, 0.3) is 0 Å². The standard InChI is InChI=1S/C20H27N3O3/c1-6-23(11-17-21-16(12-25-5)22-26-17)18(24)20(13-19(20,3)4)15-9-7-14(2)8-10-15/h7-10H,6,11-13H2,1-5H3/t20-/m0/s1. The number of nitrogens with zero attached hydrogens (tertiary/aromatic N) is 3. The summed E-state index contributed by atoms with van der Waals surface area (Å²) < 4.78 is 10.3. The normalized spacial score (nSPS) is 20.8. The van der Waals surface area contributed by atoms with E-state index in [2.05, 4.69) is 55.2 Å². The van der Waals surface area contributed by atoms with Gasteiger partial charge in [0.1, 0.15) is 6.61 Å². The molecule has 0 spiro atoms. The third-order valence-electron chi connectivity index (χ3n) is 5.43. The van der Waals surface area contributed by atoms with E-state index in [0.29, 0.717) is 31.4 Å². The predicted octanol–water partition coefficient (Wildman–Crippen LogP) is 3.24. The van der Waals surface area contributed by atoms with Gasteiger partial charge in [0.15, 0.2) is 5.82 Å². The number of methoxy groups -OCH3 is 1. The Kier molecular flexibility index (Phi) is 4.88. The molecule has 1 aliphatic rings. The smallest absolute Gasteiger partial charge is 0.246 e. The maximum absolute atomic E-state index is 13.5. The minimum atomic E-state index is -0.480. The van der Waals surface area contributed by atoms with Gasteiger partial charge in [0.05, 0.1) is 12.0 Å². The van der Waals surface area contributed by atoms with E-state index in [1.165, 1.54) is 5.56 Å². The van der Waals surface area contributed by atoms with E-state index in [1.807, 2.05) is 6.92 Å². The average Bonchev–Trinajstić information content (AvgIpc) is 2.96. The first kappa shape index (κ1) is 18.6. The van der Waals surface area contributed by atoms with Crippen LogP contribution in [0, 0.1) is 12.3 Å². The van der Waals surface area contributed by atoms with Crippen LogP contribution in [-0.4, -0.2) is 34.6 Å². The lowest BCUT2D eigenvalue weighted by Gasteiger charge is -2.28. The van der Waals surface area contributed by atoms with Crippen LogP contribution in [0.1, 0.15) is 50.0 Å². The summed E-state index contributed by atoms with van der Waals surface area (Å²) in [6.45, 7) is 9.54. The summed E-state index contributed by atoms with van der Waals surface area (Å²) in [5.74, 6) is 1.05. The van der Waals surface area contributed by atoms with Crippen molar-refractivity contribution in [3.63, 3.8) is 0 Å². The molecule has 26 heavy (non-hydrogen) atoms. The van der Waals surface area contributed by atoms with Crippen LogP contribution < -0.4 is 0 Å². The van der Waals surface area contributed by atoms with E-state index in [-0.39, 0.29) is 11.3 Å². The molecule has 6 nitrogen and oxygen atoms in total. The van der Waals surface area contributed by atoms with Gasteiger partial charge in [0.25, 0.3) is 0 Å². The van der Waals surface area contributed by atoms with Crippen LogP contribution in [0.4, 0.5) is 0 Å². The average molecular weight is 357 g/mol. The van der Waals surface area contributed by atoms with Gasteiger partial charge >= 0.3 is 0 Å². The molecular formula is C20H27N3O3. The molecular weight excluding hydrogens is 330 g/mol. The second kappa shape index (κ2) is 6.83. The van der Waals surface area contributed by atoms with Crippen LogP contribution in [-0.2, 0) is 28.1 Å². The van der Waals surface area contributed by atoms with Crippen LogP contribution in [0.15, 0.2) is 28.8 Å². The second-order valence-corrected chi connectivity index (χ2v) is 7.69. The number of hydrogen-bond donors (Lipinski definition) is 0. The maximum Gasteiger partial charge on any atom is 0.246 e. The molecule has 1 amide bonds. The number of carbonyl (C=O) groups excluding carboxylic acids is 1. The van der Waals surface area contributed by atoms with Crippen molar-refractivity contribution in [1.82, 2.24) is 15.0 Å². The molecule has 2 aromatic rings. The Morgan fingerprint density at radius 1 is 1.31 bits per heavy atom. The Balaban J connectivity index is 1.84. The maximum atomic E-state index is 13.5. The second-order valence-electron chi connectivity index (χ2n) is 7.69. The molecule has 1 aliphatic carbocycles. The van der Waals surface area contributed by atoms with Crippen LogP contribution >= 0.6 is 0 Å². The summed E-state index contributed by atoms with van der Waals surface area (Å²) in [5, 5.41) is 3.88. The van der Waals surface area contributed by atoms with Crippen molar-refractivity contribution in [2.45, 2.75) is 52.7 Å². The van der Waals surface area contributed by atoms with Crippen molar-refractivity contribution in [3.8, 4) is 0 Å². The number of aryl methyl sites for hydroxylation is 1. The van der Waals surface area contributed by atoms with Gasteiger partial charge in [-0.15, -0.1) is 0 Å². The summed E-state index contributed by atoms with van der Waals surface area (Å²) in [6.07, 6.45) is 0.844. The molecule has 0 saturated heterocycles. The molecule has 0 aliphatic heterocycles. The highest BCUT2D eigenvalue weighted by molar-refractivity contribution is 5.93. The van der Waals surface area contributed by atoms with Crippen molar-refractivity contribution in [1.29, 1.82) is 0 Å². The molecule has 1 saturated carbocycles. The van der Waals surface area contributed by atoms with E-state index < -0.39 is 5.41 Å². The first-order valence-electron chi connectivity index (χ1n) is 9.01. The largest absolute Gasteiger partial charge is 0.377 e. The van der Waals surface area contributed by atoms with Gasteiger partial charge in [-0.3, -0.25) is 4.79 Å². The molecule has 6 heteroatoms. The molecule has 0 N–H and O–H groups in total. The van der Waals surface area contributed by atoms with E-state index in [4.69, 9.17) is 9.26 Å². The third-order valence-corrected chi connectivity index (χ3v) is 5.43. The zero-order valence-corrected chi connectivity index (χ0v) is 16.2. The minimum Gasteiger partial charge on any atom is -0.377 e. The third kappa shape index (κ3) is 3.14. The fourth-order valence-corrected chi connectivity index (χ4v) is 3.74. The molecule has 1 aromatic heterocycles. The van der Waals surface area contributed by atoms with Gasteiger partial charge in [-0.05, 0) is 31.2 Å².